The summed E-state index contributed by atoms with van der Waals surface area (Å²) in [4.78, 5) is 27.8. The van der Waals surface area contributed by atoms with Gasteiger partial charge in [-0.3, -0.25) is 4.79 Å². The van der Waals surface area contributed by atoms with Crippen molar-refractivity contribution in [3.63, 3.8) is 0 Å². The number of carbonyl (C=O) groups excluding carboxylic acids is 2. The Bertz CT molecular complexity index is 605. The molecule has 2 rings (SSSR count). The smallest absolute Gasteiger partial charge is 0.410 e. The number of rotatable bonds is 1. The van der Waals surface area contributed by atoms with E-state index >= 15 is 0 Å². The molecule has 0 unspecified atom stereocenters. The first-order chi connectivity index (χ1) is 10.7. The quantitative estimate of drug-likeness (QED) is 0.798. The Morgan fingerprint density at radius 2 is 1.70 bits per heavy atom. The van der Waals surface area contributed by atoms with Crippen molar-refractivity contribution in [2.24, 2.45) is 0 Å². The lowest BCUT2D eigenvalue weighted by Gasteiger charge is -2.35. The molecule has 2 N–H and O–H groups in total. The molecule has 0 bridgehead atoms. The molecule has 6 nitrogen and oxygen atoms in total. The number of nitrogen functional groups attached to an aromatic ring is 1. The summed E-state index contributed by atoms with van der Waals surface area (Å²) in [5, 5.41) is 0.270. The number of hydrogen-bond acceptors (Lipinski definition) is 4. The van der Waals surface area contributed by atoms with Crippen molar-refractivity contribution < 1.29 is 14.3 Å². The Kier molecular flexibility index (Phi) is 5.04. The minimum Gasteiger partial charge on any atom is -0.444 e. The highest BCUT2D eigenvalue weighted by molar-refractivity contribution is 6.36. The van der Waals surface area contributed by atoms with Crippen LogP contribution in [0.2, 0.25) is 5.02 Å². The van der Waals surface area contributed by atoms with Gasteiger partial charge in [-0.2, -0.15) is 0 Å². The SMILES string of the molecule is CC(C)(C)OC(=O)N1CCN(C(=O)c2cccc(N)c2Cl)CC1. The Morgan fingerprint density at radius 1 is 1.13 bits per heavy atom. The van der Waals surface area contributed by atoms with Crippen molar-refractivity contribution in [2.75, 3.05) is 31.9 Å². The summed E-state index contributed by atoms with van der Waals surface area (Å²) in [6.45, 7) is 7.21. The van der Waals surface area contributed by atoms with Gasteiger partial charge in [-0.1, -0.05) is 17.7 Å². The van der Waals surface area contributed by atoms with Crippen LogP contribution in [0.25, 0.3) is 0 Å². The van der Waals surface area contributed by atoms with Crippen LogP contribution in [-0.4, -0.2) is 53.6 Å². The van der Waals surface area contributed by atoms with Gasteiger partial charge in [-0.15, -0.1) is 0 Å². The van der Waals surface area contributed by atoms with Crippen LogP contribution in [0.3, 0.4) is 0 Å². The summed E-state index contributed by atoms with van der Waals surface area (Å²) in [6.07, 6.45) is -0.355. The Morgan fingerprint density at radius 3 is 2.26 bits per heavy atom. The van der Waals surface area contributed by atoms with Crippen LogP contribution in [0.1, 0.15) is 31.1 Å². The molecule has 1 aromatic rings. The predicted octanol–water partition coefficient (Wildman–Crippen LogP) is 2.62. The molecule has 0 atom stereocenters. The van der Waals surface area contributed by atoms with E-state index in [2.05, 4.69) is 0 Å². The molecule has 0 spiro atoms. The van der Waals surface area contributed by atoms with Crippen LogP contribution >= 0.6 is 11.6 Å². The molecule has 1 saturated heterocycles. The van der Waals surface area contributed by atoms with Crippen molar-refractivity contribution in [3.8, 4) is 0 Å². The minimum absolute atomic E-state index is 0.175. The number of hydrogen-bond donors (Lipinski definition) is 1. The van der Waals surface area contributed by atoms with Gasteiger partial charge < -0.3 is 20.3 Å². The van der Waals surface area contributed by atoms with E-state index in [1.54, 1.807) is 28.0 Å². The molecular formula is C16H22ClN3O3. The average molecular weight is 340 g/mol. The molecule has 0 saturated carbocycles. The molecule has 126 valence electrons. The van der Waals surface area contributed by atoms with Crippen LogP contribution in [-0.2, 0) is 4.74 Å². The molecule has 7 heteroatoms. The predicted molar refractivity (Wildman–Crippen MR) is 89.6 cm³/mol. The van der Waals surface area contributed by atoms with Gasteiger partial charge in [0.1, 0.15) is 5.60 Å². The Balaban J connectivity index is 1.98. The first kappa shape index (κ1) is 17.4. The molecule has 0 aliphatic carbocycles. The highest BCUT2D eigenvalue weighted by Gasteiger charge is 2.28. The summed E-state index contributed by atoms with van der Waals surface area (Å²) >= 11 is 6.10. The van der Waals surface area contributed by atoms with Crippen LogP contribution in [0.4, 0.5) is 10.5 Å². The number of piperazine rings is 1. The fraction of sp³-hybridized carbons (Fsp3) is 0.500. The number of amides is 2. The van der Waals surface area contributed by atoms with Gasteiger partial charge in [0.25, 0.3) is 5.91 Å². The number of anilines is 1. The first-order valence-corrected chi connectivity index (χ1v) is 7.88. The molecule has 1 aliphatic heterocycles. The second-order valence-corrected chi connectivity index (χ2v) is 6.85. The van der Waals surface area contributed by atoms with Crippen molar-refractivity contribution in [1.82, 2.24) is 9.80 Å². The van der Waals surface area contributed by atoms with Gasteiger partial charge in [0.2, 0.25) is 0 Å². The second-order valence-electron chi connectivity index (χ2n) is 6.47. The lowest BCUT2D eigenvalue weighted by Crippen LogP contribution is -2.51. The molecular weight excluding hydrogens is 318 g/mol. The van der Waals surface area contributed by atoms with Gasteiger partial charge >= 0.3 is 6.09 Å². The number of nitrogens with two attached hydrogens (primary N) is 1. The van der Waals surface area contributed by atoms with Gasteiger partial charge in [-0.05, 0) is 32.9 Å². The van der Waals surface area contributed by atoms with Gasteiger partial charge in [0.05, 0.1) is 16.3 Å². The summed E-state index contributed by atoms with van der Waals surface area (Å²) in [7, 11) is 0. The van der Waals surface area contributed by atoms with E-state index in [1.807, 2.05) is 20.8 Å². The largest absolute Gasteiger partial charge is 0.444 e. The highest BCUT2D eigenvalue weighted by atomic mass is 35.5. The van der Waals surface area contributed by atoms with Crippen LogP contribution < -0.4 is 5.73 Å². The fourth-order valence-electron chi connectivity index (χ4n) is 2.30. The molecule has 1 heterocycles. The number of nitrogens with zero attached hydrogens (tertiary/aromatic N) is 2. The van der Waals surface area contributed by atoms with Crippen LogP contribution in [0, 0.1) is 0 Å². The van der Waals surface area contributed by atoms with Gasteiger partial charge in [0.15, 0.2) is 0 Å². The third-order valence-electron chi connectivity index (χ3n) is 3.48. The van der Waals surface area contributed by atoms with Crippen LogP contribution in [0.5, 0.6) is 0 Å². The highest BCUT2D eigenvalue weighted by Crippen LogP contribution is 2.24. The van der Waals surface area contributed by atoms with Crippen LogP contribution in [0.15, 0.2) is 18.2 Å². The lowest BCUT2D eigenvalue weighted by molar-refractivity contribution is 0.0141. The maximum Gasteiger partial charge on any atom is 0.410 e. The second kappa shape index (κ2) is 6.66. The molecule has 1 aromatic carbocycles. The number of ether oxygens (including phenoxy) is 1. The van der Waals surface area contributed by atoms with E-state index in [1.165, 1.54) is 0 Å². The maximum atomic E-state index is 12.5. The summed E-state index contributed by atoms with van der Waals surface area (Å²) < 4.78 is 5.34. The number of carbonyl (C=O) groups is 2. The molecule has 0 radical (unpaired) electrons. The lowest BCUT2D eigenvalue weighted by atomic mass is 10.1. The van der Waals surface area contributed by atoms with Crippen molar-refractivity contribution in [2.45, 2.75) is 26.4 Å². The molecule has 2 amide bonds. The molecule has 0 aromatic heterocycles. The van der Waals surface area contributed by atoms with Crippen molar-refractivity contribution in [3.05, 3.63) is 28.8 Å². The normalized spacial score (nSPS) is 15.5. The zero-order valence-corrected chi connectivity index (χ0v) is 14.4. The van der Waals surface area contributed by atoms with Gasteiger partial charge in [-0.25, -0.2) is 4.79 Å². The van der Waals surface area contributed by atoms with Crippen molar-refractivity contribution >= 4 is 29.3 Å². The van der Waals surface area contributed by atoms with E-state index in [4.69, 9.17) is 22.1 Å². The van der Waals surface area contributed by atoms with E-state index in [0.29, 0.717) is 37.4 Å². The topological polar surface area (TPSA) is 75.9 Å². The standard InChI is InChI=1S/C16H22ClN3O3/c1-16(2,3)23-15(22)20-9-7-19(8-10-20)14(21)11-5-4-6-12(18)13(11)17/h4-6H,7-10,18H2,1-3H3. The van der Waals surface area contributed by atoms with E-state index in [9.17, 15) is 9.59 Å². The zero-order valence-electron chi connectivity index (χ0n) is 13.6. The summed E-state index contributed by atoms with van der Waals surface area (Å²) in [6, 6.07) is 5.01. The van der Waals surface area contributed by atoms with E-state index in [-0.39, 0.29) is 17.0 Å². The monoisotopic (exact) mass is 339 g/mol. The first-order valence-electron chi connectivity index (χ1n) is 7.50. The fourth-order valence-corrected chi connectivity index (χ4v) is 2.51. The number of halogens is 1. The third-order valence-corrected chi connectivity index (χ3v) is 3.90. The Hall–Kier alpha value is -1.95. The molecule has 23 heavy (non-hydrogen) atoms. The summed E-state index contributed by atoms with van der Waals surface area (Å²) in [5.74, 6) is -0.175. The summed E-state index contributed by atoms with van der Waals surface area (Å²) in [5.41, 5.74) is 5.97. The maximum absolute atomic E-state index is 12.5. The zero-order chi connectivity index (χ0) is 17.2. The average Bonchev–Trinajstić information content (AvgIpc) is 2.48. The van der Waals surface area contributed by atoms with Crippen molar-refractivity contribution in [1.29, 1.82) is 0 Å². The van der Waals surface area contributed by atoms with E-state index < -0.39 is 5.60 Å². The third kappa shape index (κ3) is 4.28. The van der Waals surface area contributed by atoms with Gasteiger partial charge in [0, 0.05) is 26.2 Å². The Labute approximate surface area is 141 Å². The number of benzene rings is 1. The molecule has 1 aliphatic rings. The van der Waals surface area contributed by atoms with E-state index in [0.717, 1.165) is 0 Å². The minimum atomic E-state index is -0.529. The molecule has 1 fully saturated rings.